The van der Waals surface area contributed by atoms with E-state index in [1.165, 1.54) is 37.9 Å². The Hall–Kier alpha value is -1.88. The molecule has 2 N–H and O–H groups in total. The van der Waals surface area contributed by atoms with Gasteiger partial charge in [0.05, 0.1) is 11.8 Å². The SMILES string of the molecule is O=C(O)[C@@H]1[C@H]2CC[C@@H](C2)[C@@H]1C(=O)Nc1ccc(CN2CCCCC2)cc1. The molecule has 2 aliphatic carbocycles. The third-order valence-electron chi connectivity index (χ3n) is 6.58. The molecule has 4 rings (SSSR count). The lowest BCUT2D eigenvalue weighted by Crippen LogP contribution is -2.37. The van der Waals surface area contributed by atoms with Gasteiger partial charge in [-0.25, -0.2) is 0 Å². The highest BCUT2D eigenvalue weighted by Gasteiger charge is 2.53. The van der Waals surface area contributed by atoms with E-state index in [9.17, 15) is 14.7 Å². The molecule has 3 aliphatic rings. The van der Waals surface area contributed by atoms with Crippen molar-refractivity contribution in [2.75, 3.05) is 18.4 Å². The summed E-state index contributed by atoms with van der Waals surface area (Å²) in [5.41, 5.74) is 2.03. The van der Waals surface area contributed by atoms with Gasteiger partial charge in [0.15, 0.2) is 0 Å². The van der Waals surface area contributed by atoms with Crippen LogP contribution in [0.25, 0.3) is 0 Å². The number of benzene rings is 1. The summed E-state index contributed by atoms with van der Waals surface area (Å²) in [6.45, 7) is 3.29. The molecule has 0 aromatic heterocycles. The fourth-order valence-corrected chi connectivity index (χ4v) is 5.32. The minimum absolute atomic E-state index is 0.117. The number of likely N-dealkylation sites (tertiary alicyclic amines) is 1. The predicted octanol–water partition coefficient (Wildman–Crippen LogP) is 3.36. The van der Waals surface area contributed by atoms with Crippen molar-refractivity contribution in [3.05, 3.63) is 29.8 Å². The largest absolute Gasteiger partial charge is 0.481 e. The number of hydrogen-bond donors (Lipinski definition) is 2. The van der Waals surface area contributed by atoms with Crippen molar-refractivity contribution in [2.45, 2.75) is 45.1 Å². The van der Waals surface area contributed by atoms with E-state index < -0.39 is 11.9 Å². The second kappa shape index (κ2) is 7.39. The van der Waals surface area contributed by atoms with Gasteiger partial charge in [-0.15, -0.1) is 0 Å². The first-order chi connectivity index (χ1) is 12.6. The number of hydrogen-bond acceptors (Lipinski definition) is 3. The number of amides is 1. The van der Waals surface area contributed by atoms with Crippen LogP contribution >= 0.6 is 0 Å². The fraction of sp³-hybridized carbons (Fsp3) is 0.619. The third kappa shape index (κ3) is 3.50. The van der Waals surface area contributed by atoms with Crippen LogP contribution in [-0.4, -0.2) is 35.0 Å². The second-order valence-corrected chi connectivity index (χ2v) is 8.25. The lowest BCUT2D eigenvalue weighted by molar-refractivity contribution is -0.148. The van der Waals surface area contributed by atoms with Crippen molar-refractivity contribution in [3.8, 4) is 0 Å². The van der Waals surface area contributed by atoms with Crippen molar-refractivity contribution in [3.63, 3.8) is 0 Å². The quantitative estimate of drug-likeness (QED) is 0.849. The summed E-state index contributed by atoms with van der Waals surface area (Å²) in [6, 6.07) is 8.03. The average Bonchev–Trinajstić information content (AvgIpc) is 3.25. The number of carboxylic acids is 1. The molecule has 140 valence electrons. The summed E-state index contributed by atoms with van der Waals surface area (Å²) in [5, 5.41) is 12.5. The molecule has 1 aromatic rings. The highest BCUT2D eigenvalue weighted by molar-refractivity contribution is 5.96. The number of anilines is 1. The first kappa shape index (κ1) is 17.5. The molecule has 0 spiro atoms. The van der Waals surface area contributed by atoms with Crippen LogP contribution in [0.3, 0.4) is 0 Å². The number of carboxylic acid groups (broad SMARTS) is 1. The predicted molar refractivity (Wildman–Crippen MR) is 99.6 cm³/mol. The van der Waals surface area contributed by atoms with E-state index >= 15 is 0 Å². The van der Waals surface area contributed by atoms with Crippen LogP contribution in [0, 0.1) is 23.7 Å². The molecule has 0 unspecified atom stereocenters. The number of piperidine rings is 1. The van der Waals surface area contributed by atoms with Crippen molar-refractivity contribution in [2.24, 2.45) is 23.7 Å². The number of nitrogens with one attached hydrogen (secondary N) is 1. The molecular weight excluding hydrogens is 328 g/mol. The number of carbonyl (C=O) groups is 2. The zero-order valence-electron chi connectivity index (χ0n) is 15.2. The normalized spacial score (nSPS) is 31.1. The van der Waals surface area contributed by atoms with Crippen molar-refractivity contribution in [1.29, 1.82) is 0 Å². The number of carbonyl (C=O) groups excluding carboxylic acids is 1. The highest BCUT2D eigenvalue weighted by Crippen LogP contribution is 2.52. The number of aliphatic carboxylic acids is 1. The Kier molecular flexibility index (Phi) is 4.98. The summed E-state index contributed by atoms with van der Waals surface area (Å²) in [7, 11) is 0. The number of nitrogens with zero attached hydrogens (tertiary/aromatic N) is 1. The van der Waals surface area contributed by atoms with E-state index in [0.717, 1.165) is 31.5 Å². The first-order valence-electron chi connectivity index (χ1n) is 9.97. The molecule has 26 heavy (non-hydrogen) atoms. The minimum atomic E-state index is -0.811. The lowest BCUT2D eigenvalue weighted by atomic mass is 9.78. The fourth-order valence-electron chi connectivity index (χ4n) is 5.32. The van der Waals surface area contributed by atoms with Crippen LogP contribution in [0.4, 0.5) is 5.69 Å². The summed E-state index contributed by atoms with van der Waals surface area (Å²) in [6.07, 6.45) is 6.73. The van der Waals surface area contributed by atoms with Gasteiger partial charge < -0.3 is 10.4 Å². The van der Waals surface area contributed by atoms with Gasteiger partial charge >= 0.3 is 5.97 Å². The van der Waals surface area contributed by atoms with Crippen molar-refractivity contribution >= 4 is 17.6 Å². The average molecular weight is 356 g/mol. The van der Waals surface area contributed by atoms with Gasteiger partial charge in [-0.2, -0.15) is 0 Å². The van der Waals surface area contributed by atoms with Crippen molar-refractivity contribution < 1.29 is 14.7 Å². The molecule has 1 heterocycles. The van der Waals surface area contributed by atoms with Gasteiger partial charge in [0.1, 0.15) is 0 Å². The molecule has 1 aliphatic heterocycles. The van der Waals surface area contributed by atoms with Gasteiger partial charge in [-0.05, 0) is 74.7 Å². The topological polar surface area (TPSA) is 69.6 Å². The van der Waals surface area contributed by atoms with E-state index in [2.05, 4.69) is 22.3 Å². The molecule has 0 radical (unpaired) electrons. The number of fused-ring (bicyclic) bond motifs is 2. The second-order valence-electron chi connectivity index (χ2n) is 8.25. The Morgan fingerprint density at radius 1 is 1.00 bits per heavy atom. The van der Waals surface area contributed by atoms with Crippen LogP contribution in [0.1, 0.15) is 44.1 Å². The Bertz CT molecular complexity index is 666. The lowest BCUT2D eigenvalue weighted by Gasteiger charge is -2.27. The molecular formula is C21H28N2O3. The third-order valence-corrected chi connectivity index (χ3v) is 6.58. The molecule has 4 atom stereocenters. The molecule has 2 saturated carbocycles. The van der Waals surface area contributed by atoms with Gasteiger partial charge in [0, 0.05) is 12.2 Å². The summed E-state index contributed by atoms with van der Waals surface area (Å²) in [4.78, 5) is 26.8. The molecule has 1 saturated heterocycles. The van der Waals surface area contributed by atoms with Crippen LogP contribution in [0.15, 0.2) is 24.3 Å². The van der Waals surface area contributed by atoms with E-state index in [0.29, 0.717) is 0 Å². The van der Waals surface area contributed by atoms with Gasteiger partial charge in [-0.3, -0.25) is 14.5 Å². The standard InChI is InChI=1S/C21H28N2O3/c24-20(18-15-6-7-16(12-15)19(18)21(25)26)22-17-8-4-14(5-9-17)13-23-10-2-1-3-11-23/h4-5,8-9,15-16,18-19H,1-3,6-7,10-13H2,(H,22,24)(H,25,26)/t15-,16-,18-,19+/m0/s1. The van der Waals surface area contributed by atoms with Crippen LogP contribution in [-0.2, 0) is 16.1 Å². The van der Waals surface area contributed by atoms with E-state index in [1.807, 2.05) is 12.1 Å². The van der Waals surface area contributed by atoms with Crippen LogP contribution < -0.4 is 5.32 Å². The Labute approximate surface area is 154 Å². The van der Waals surface area contributed by atoms with Crippen molar-refractivity contribution in [1.82, 2.24) is 4.90 Å². The smallest absolute Gasteiger partial charge is 0.307 e. The van der Waals surface area contributed by atoms with E-state index in [1.54, 1.807) is 0 Å². The summed E-state index contributed by atoms with van der Waals surface area (Å²) in [5.74, 6) is -1.39. The van der Waals surface area contributed by atoms with E-state index in [4.69, 9.17) is 0 Å². The van der Waals surface area contributed by atoms with Gasteiger partial charge in [0.2, 0.25) is 5.91 Å². The maximum absolute atomic E-state index is 12.7. The van der Waals surface area contributed by atoms with Gasteiger partial charge in [0.25, 0.3) is 0 Å². The number of rotatable bonds is 5. The van der Waals surface area contributed by atoms with Gasteiger partial charge in [-0.1, -0.05) is 18.6 Å². The molecule has 1 aromatic carbocycles. The molecule has 3 fully saturated rings. The molecule has 1 amide bonds. The zero-order valence-corrected chi connectivity index (χ0v) is 15.2. The van der Waals surface area contributed by atoms with E-state index in [-0.39, 0.29) is 23.7 Å². The maximum Gasteiger partial charge on any atom is 0.307 e. The molecule has 5 nitrogen and oxygen atoms in total. The Balaban J connectivity index is 1.37. The van der Waals surface area contributed by atoms with Crippen LogP contribution in [0.5, 0.6) is 0 Å². The minimum Gasteiger partial charge on any atom is -0.481 e. The highest BCUT2D eigenvalue weighted by atomic mass is 16.4. The Morgan fingerprint density at radius 3 is 2.31 bits per heavy atom. The molecule has 5 heteroatoms. The zero-order chi connectivity index (χ0) is 18.1. The summed E-state index contributed by atoms with van der Waals surface area (Å²) >= 11 is 0. The first-order valence-corrected chi connectivity index (χ1v) is 9.97. The maximum atomic E-state index is 12.7. The molecule has 2 bridgehead atoms. The van der Waals surface area contributed by atoms with Crippen LogP contribution in [0.2, 0.25) is 0 Å². The summed E-state index contributed by atoms with van der Waals surface area (Å²) < 4.78 is 0. The Morgan fingerprint density at radius 2 is 1.65 bits per heavy atom. The monoisotopic (exact) mass is 356 g/mol.